The Morgan fingerprint density at radius 1 is 1.18 bits per heavy atom. The first kappa shape index (κ1) is 21.1. The van der Waals surface area contributed by atoms with Crippen LogP contribution in [0.15, 0.2) is 42.6 Å². The molecule has 1 aliphatic rings. The van der Waals surface area contributed by atoms with Gasteiger partial charge in [-0.15, -0.1) is 0 Å². The minimum absolute atomic E-state index is 0.757. The van der Waals surface area contributed by atoms with E-state index in [0.29, 0.717) is 0 Å². The molecule has 2 aromatic rings. The van der Waals surface area contributed by atoms with Gasteiger partial charge in [-0.25, -0.2) is 9.59 Å². The van der Waals surface area contributed by atoms with Gasteiger partial charge in [0.2, 0.25) is 0 Å². The van der Waals surface area contributed by atoms with Gasteiger partial charge in [0, 0.05) is 36.1 Å². The van der Waals surface area contributed by atoms with Gasteiger partial charge in [0.15, 0.2) is 6.29 Å². The Balaban J connectivity index is 0.000000409. The minimum Gasteiger partial charge on any atom is -0.473 e. The molecule has 3 rings (SSSR count). The molecule has 0 saturated heterocycles. The number of aryl methyl sites for hydroxylation is 2. The molecule has 1 aromatic heterocycles. The molecule has 0 spiro atoms. The summed E-state index contributed by atoms with van der Waals surface area (Å²) in [6.07, 6.45) is 7.21. The molecule has 0 aliphatic carbocycles. The molecule has 7 nitrogen and oxygen atoms in total. The van der Waals surface area contributed by atoms with E-state index in [1.807, 2.05) is 12.3 Å². The van der Waals surface area contributed by atoms with Crippen molar-refractivity contribution in [2.75, 3.05) is 20.6 Å². The Bertz CT molecular complexity index is 884. The fraction of sp³-hybridized carbons (Fsp3) is 0.286. The summed E-state index contributed by atoms with van der Waals surface area (Å²) in [5.74, 6) is -3.65. The molecule has 0 unspecified atom stereocenters. The first-order valence-corrected chi connectivity index (χ1v) is 8.88. The van der Waals surface area contributed by atoms with Crippen molar-refractivity contribution in [3.05, 3.63) is 65.0 Å². The van der Waals surface area contributed by atoms with E-state index in [4.69, 9.17) is 19.8 Å². The fourth-order valence-corrected chi connectivity index (χ4v) is 3.07. The Labute approximate surface area is 163 Å². The largest absolute Gasteiger partial charge is 0.473 e. The van der Waals surface area contributed by atoms with Crippen molar-refractivity contribution in [3.8, 4) is 0 Å². The van der Waals surface area contributed by atoms with E-state index in [1.165, 1.54) is 16.7 Å². The zero-order valence-corrected chi connectivity index (χ0v) is 16.0. The first-order valence-electron chi connectivity index (χ1n) is 8.88. The molecule has 0 amide bonds. The lowest BCUT2D eigenvalue weighted by atomic mass is 9.96. The standard InChI is InChI=1S/C19H22N2O.C2H2O4/c1-20(2)10-5-8-18-17-7-4-3-6-16(17)9-11-21-13-15(14-22)12-19(18)21;3-1(4)2(5)6/h3-4,6-8,12-14H,5,9-11H2,1-2H3;(H,3,4)(H,5,6). The highest BCUT2D eigenvalue weighted by Gasteiger charge is 2.18. The van der Waals surface area contributed by atoms with Crippen LogP contribution in [0.2, 0.25) is 0 Å². The maximum atomic E-state index is 11.1. The van der Waals surface area contributed by atoms with Crippen LogP contribution in [0.4, 0.5) is 0 Å². The number of carbonyl (C=O) groups is 3. The van der Waals surface area contributed by atoms with Gasteiger partial charge in [0.05, 0.1) is 0 Å². The summed E-state index contributed by atoms with van der Waals surface area (Å²) in [4.78, 5) is 31.5. The van der Waals surface area contributed by atoms with Crippen LogP contribution in [-0.4, -0.2) is 58.5 Å². The van der Waals surface area contributed by atoms with Crippen molar-refractivity contribution < 1.29 is 24.6 Å². The van der Waals surface area contributed by atoms with Crippen LogP contribution >= 0.6 is 0 Å². The van der Waals surface area contributed by atoms with Crippen molar-refractivity contribution in [3.63, 3.8) is 0 Å². The lowest BCUT2D eigenvalue weighted by molar-refractivity contribution is -0.159. The van der Waals surface area contributed by atoms with E-state index in [-0.39, 0.29) is 0 Å². The highest BCUT2D eigenvalue weighted by molar-refractivity contribution is 6.27. The van der Waals surface area contributed by atoms with Crippen LogP contribution < -0.4 is 0 Å². The van der Waals surface area contributed by atoms with Crippen LogP contribution in [0.3, 0.4) is 0 Å². The maximum absolute atomic E-state index is 11.1. The van der Waals surface area contributed by atoms with Crippen LogP contribution in [0.25, 0.3) is 5.57 Å². The summed E-state index contributed by atoms with van der Waals surface area (Å²) < 4.78 is 2.21. The van der Waals surface area contributed by atoms with Crippen LogP contribution in [-0.2, 0) is 22.6 Å². The SMILES string of the molecule is CN(C)CCC=C1c2ccccc2CCn2cc(C=O)cc21.O=C(O)C(=O)O. The Morgan fingerprint density at radius 3 is 2.46 bits per heavy atom. The summed E-state index contributed by atoms with van der Waals surface area (Å²) in [5.41, 5.74) is 5.85. The summed E-state index contributed by atoms with van der Waals surface area (Å²) in [6, 6.07) is 10.6. The maximum Gasteiger partial charge on any atom is 0.414 e. The molecule has 0 saturated carbocycles. The number of hydrogen-bond donors (Lipinski definition) is 2. The number of benzene rings is 1. The quantitative estimate of drug-likeness (QED) is 0.620. The van der Waals surface area contributed by atoms with E-state index >= 15 is 0 Å². The molecule has 1 aliphatic heterocycles. The van der Waals surface area contributed by atoms with Crippen LogP contribution in [0, 0.1) is 0 Å². The van der Waals surface area contributed by atoms with E-state index in [1.54, 1.807) is 0 Å². The lowest BCUT2D eigenvalue weighted by Gasteiger charge is -2.12. The number of hydrogen-bond acceptors (Lipinski definition) is 4. The minimum atomic E-state index is -1.82. The predicted molar refractivity (Wildman–Crippen MR) is 105 cm³/mol. The topological polar surface area (TPSA) is 99.8 Å². The van der Waals surface area contributed by atoms with Crippen LogP contribution in [0.5, 0.6) is 0 Å². The number of aromatic nitrogens is 1. The molecule has 7 heteroatoms. The molecule has 0 atom stereocenters. The van der Waals surface area contributed by atoms with E-state index in [0.717, 1.165) is 43.5 Å². The molecule has 148 valence electrons. The predicted octanol–water partition coefficient (Wildman–Crippen LogP) is 2.40. The molecular weight excluding hydrogens is 360 g/mol. The number of aldehydes is 1. The third kappa shape index (κ3) is 5.40. The van der Waals surface area contributed by atoms with E-state index in [2.05, 4.69) is 53.9 Å². The van der Waals surface area contributed by atoms with Crippen molar-refractivity contribution in [1.82, 2.24) is 9.47 Å². The average Bonchev–Trinajstić information content (AvgIpc) is 3.01. The number of carbonyl (C=O) groups excluding carboxylic acids is 1. The Hall–Kier alpha value is -3.19. The Kier molecular flexibility index (Phi) is 7.28. The van der Waals surface area contributed by atoms with Crippen molar-refractivity contribution in [2.45, 2.75) is 19.4 Å². The van der Waals surface area contributed by atoms with Gasteiger partial charge in [-0.3, -0.25) is 4.79 Å². The van der Waals surface area contributed by atoms with E-state index in [9.17, 15) is 4.79 Å². The molecule has 0 radical (unpaired) electrons. The molecule has 1 aromatic carbocycles. The number of carboxylic acids is 2. The molecular formula is C21H24N2O5. The third-order valence-corrected chi connectivity index (χ3v) is 4.37. The normalized spacial score (nSPS) is 13.8. The van der Waals surface area contributed by atoms with Crippen LogP contribution in [0.1, 0.15) is 33.6 Å². The van der Waals surface area contributed by atoms with E-state index < -0.39 is 11.9 Å². The molecule has 28 heavy (non-hydrogen) atoms. The highest BCUT2D eigenvalue weighted by Crippen LogP contribution is 2.31. The molecule has 0 fully saturated rings. The van der Waals surface area contributed by atoms with Crippen molar-refractivity contribution in [2.24, 2.45) is 0 Å². The second-order valence-electron chi connectivity index (χ2n) is 6.70. The highest BCUT2D eigenvalue weighted by atomic mass is 16.4. The number of aliphatic carboxylic acids is 2. The van der Waals surface area contributed by atoms with Gasteiger partial charge in [-0.2, -0.15) is 0 Å². The number of nitrogens with zero attached hydrogens (tertiary/aromatic N) is 2. The lowest BCUT2D eigenvalue weighted by Crippen LogP contribution is -2.12. The second kappa shape index (κ2) is 9.66. The zero-order valence-electron chi connectivity index (χ0n) is 16.0. The number of rotatable bonds is 4. The summed E-state index contributed by atoms with van der Waals surface area (Å²) in [6.45, 7) is 1.94. The van der Waals surface area contributed by atoms with Crippen molar-refractivity contribution in [1.29, 1.82) is 0 Å². The van der Waals surface area contributed by atoms with Gasteiger partial charge < -0.3 is 19.7 Å². The molecule has 0 bridgehead atoms. The molecule has 2 N–H and O–H groups in total. The number of fused-ring (bicyclic) bond motifs is 2. The second-order valence-corrected chi connectivity index (χ2v) is 6.70. The smallest absolute Gasteiger partial charge is 0.414 e. The van der Waals surface area contributed by atoms with Gasteiger partial charge in [-0.1, -0.05) is 30.3 Å². The first-order chi connectivity index (χ1) is 13.3. The zero-order chi connectivity index (χ0) is 20.7. The van der Waals surface area contributed by atoms with Gasteiger partial charge >= 0.3 is 11.9 Å². The summed E-state index contributed by atoms with van der Waals surface area (Å²) in [7, 11) is 4.18. The Morgan fingerprint density at radius 2 is 1.86 bits per heavy atom. The van der Waals surface area contributed by atoms with Gasteiger partial charge in [0.1, 0.15) is 0 Å². The monoisotopic (exact) mass is 384 g/mol. The van der Waals surface area contributed by atoms with Crippen molar-refractivity contribution >= 4 is 23.8 Å². The third-order valence-electron chi connectivity index (χ3n) is 4.37. The number of carboxylic acid groups (broad SMARTS) is 2. The molecule has 2 heterocycles. The fourth-order valence-electron chi connectivity index (χ4n) is 3.07. The summed E-state index contributed by atoms with van der Waals surface area (Å²) >= 11 is 0. The average molecular weight is 384 g/mol. The van der Waals surface area contributed by atoms with Gasteiger partial charge in [0.25, 0.3) is 0 Å². The summed E-state index contributed by atoms with van der Waals surface area (Å²) in [5, 5.41) is 14.8. The van der Waals surface area contributed by atoms with Gasteiger partial charge in [-0.05, 0) is 44.1 Å².